The van der Waals surface area contributed by atoms with E-state index in [9.17, 15) is 4.79 Å². The quantitative estimate of drug-likeness (QED) is 0.617. The molecule has 1 aromatic carbocycles. The minimum absolute atomic E-state index is 0.170. The number of amides is 2. The topological polar surface area (TPSA) is 76.8 Å². The maximum atomic E-state index is 11.8. The van der Waals surface area contributed by atoms with E-state index in [-0.39, 0.29) is 6.03 Å². The monoisotopic (exact) mass is 338 g/mol. The van der Waals surface area contributed by atoms with Gasteiger partial charge in [-0.25, -0.2) is 4.79 Å². The number of aromatic nitrogens is 4. The van der Waals surface area contributed by atoms with Crippen LogP contribution in [0.3, 0.4) is 0 Å². The van der Waals surface area contributed by atoms with Crippen LogP contribution in [0.2, 0.25) is 0 Å². The van der Waals surface area contributed by atoms with Gasteiger partial charge in [0.1, 0.15) is 0 Å². The molecule has 2 amide bonds. The number of benzene rings is 1. The van der Waals surface area contributed by atoms with Crippen LogP contribution in [0.5, 0.6) is 0 Å². The molecule has 2 heterocycles. The van der Waals surface area contributed by atoms with Gasteiger partial charge in [0, 0.05) is 43.8 Å². The lowest BCUT2D eigenvalue weighted by Gasteiger charge is -2.06. The minimum Gasteiger partial charge on any atom is -0.338 e. The van der Waals surface area contributed by atoms with E-state index >= 15 is 0 Å². The summed E-state index contributed by atoms with van der Waals surface area (Å²) in [6, 6.07) is 11.9. The van der Waals surface area contributed by atoms with Crippen LogP contribution in [0.25, 0.3) is 0 Å². The van der Waals surface area contributed by atoms with Gasteiger partial charge in [0.25, 0.3) is 0 Å². The number of urea groups is 1. The third-order valence-electron chi connectivity index (χ3n) is 3.74. The van der Waals surface area contributed by atoms with Crippen LogP contribution in [0.15, 0.2) is 61.2 Å². The van der Waals surface area contributed by atoms with Crippen molar-refractivity contribution < 1.29 is 4.79 Å². The summed E-state index contributed by atoms with van der Waals surface area (Å²) < 4.78 is 3.72. The molecule has 0 atom stereocenters. The molecule has 0 aliphatic heterocycles. The molecule has 0 unspecified atom stereocenters. The Morgan fingerprint density at radius 1 is 1.00 bits per heavy atom. The number of nitrogens with one attached hydrogen (secondary N) is 2. The van der Waals surface area contributed by atoms with E-state index in [0.29, 0.717) is 13.1 Å². The predicted molar refractivity (Wildman–Crippen MR) is 94.9 cm³/mol. The van der Waals surface area contributed by atoms with E-state index in [2.05, 4.69) is 33.0 Å². The zero-order valence-electron chi connectivity index (χ0n) is 14.0. The molecule has 7 nitrogen and oxygen atoms in total. The molecular formula is C18H22N6O. The van der Waals surface area contributed by atoms with Crippen LogP contribution >= 0.6 is 0 Å². The summed E-state index contributed by atoms with van der Waals surface area (Å²) in [7, 11) is 0. The van der Waals surface area contributed by atoms with E-state index in [1.54, 1.807) is 12.4 Å². The lowest BCUT2D eigenvalue weighted by atomic mass is 10.2. The highest BCUT2D eigenvalue weighted by Gasteiger charge is 2.03. The molecule has 25 heavy (non-hydrogen) atoms. The van der Waals surface area contributed by atoms with Crippen LogP contribution in [0.4, 0.5) is 4.79 Å². The smallest absolute Gasteiger partial charge is 0.315 e. The van der Waals surface area contributed by atoms with Crippen molar-refractivity contribution in [3.8, 4) is 0 Å². The number of aryl methyl sites for hydroxylation is 1. The van der Waals surface area contributed by atoms with Crippen molar-refractivity contribution in [1.82, 2.24) is 30.2 Å². The van der Waals surface area contributed by atoms with Gasteiger partial charge in [0.15, 0.2) is 0 Å². The molecule has 0 radical (unpaired) electrons. The first kappa shape index (κ1) is 16.8. The van der Waals surface area contributed by atoms with Crippen molar-refractivity contribution in [2.75, 3.05) is 6.54 Å². The Morgan fingerprint density at radius 2 is 1.88 bits per heavy atom. The van der Waals surface area contributed by atoms with Crippen molar-refractivity contribution in [3.05, 3.63) is 72.3 Å². The molecule has 0 aliphatic carbocycles. The summed E-state index contributed by atoms with van der Waals surface area (Å²) in [6.07, 6.45) is 8.22. The molecule has 3 rings (SSSR count). The summed E-state index contributed by atoms with van der Waals surface area (Å²) in [6.45, 7) is 2.58. The highest BCUT2D eigenvalue weighted by Crippen LogP contribution is 2.03. The molecule has 0 fully saturated rings. The minimum atomic E-state index is -0.170. The van der Waals surface area contributed by atoms with E-state index < -0.39 is 0 Å². The lowest BCUT2D eigenvalue weighted by molar-refractivity contribution is 0.240. The number of rotatable bonds is 8. The zero-order valence-corrected chi connectivity index (χ0v) is 14.0. The second-order valence-electron chi connectivity index (χ2n) is 5.76. The van der Waals surface area contributed by atoms with Crippen molar-refractivity contribution in [2.45, 2.75) is 26.1 Å². The first-order valence-corrected chi connectivity index (χ1v) is 8.34. The van der Waals surface area contributed by atoms with Gasteiger partial charge in [-0.3, -0.25) is 9.36 Å². The fraction of sp³-hybridized carbons (Fsp3) is 0.278. The molecule has 0 saturated carbocycles. The number of hydrogen-bond donors (Lipinski definition) is 2. The molecule has 3 aromatic rings. The summed E-state index contributed by atoms with van der Waals surface area (Å²) in [5.74, 6) is 0. The second kappa shape index (κ2) is 8.68. The Balaban J connectivity index is 1.34. The number of nitrogens with zero attached hydrogens (tertiary/aromatic N) is 4. The summed E-state index contributed by atoms with van der Waals surface area (Å²) in [4.78, 5) is 11.8. The van der Waals surface area contributed by atoms with E-state index in [4.69, 9.17) is 0 Å². The van der Waals surface area contributed by atoms with Crippen LogP contribution in [0.1, 0.15) is 17.5 Å². The molecule has 0 spiro atoms. The Morgan fingerprint density at radius 3 is 2.68 bits per heavy atom. The van der Waals surface area contributed by atoms with Crippen molar-refractivity contribution >= 4 is 6.03 Å². The molecule has 0 bridgehead atoms. The molecule has 130 valence electrons. The fourth-order valence-corrected chi connectivity index (χ4v) is 2.48. The van der Waals surface area contributed by atoms with E-state index in [1.807, 2.05) is 46.0 Å². The van der Waals surface area contributed by atoms with Gasteiger partial charge < -0.3 is 10.6 Å². The summed E-state index contributed by atoms with van der Waals surface area (Å²) in [5, 5.41) is 14.1. The SMILES string of the molecule is O=C(NCCCn1cccn1)NCc1cnn(Cc2ccccc2)c1. The van der Waals surface area contributed by atoms with Crippen LogP contribution in [-0.4, -0.2) is 32.1 Å². The van der Waals surface area contributed by atoms with Gasteiger partial charge in [-0.15, -0.1) is 0 Å². The Labute approximate surface area is 146 Å². The number of carbonyl (C=O) groups excluding carboxylic acids is 1. The van der Waals surface area contributed by atoms with Crippen molar-refractivity contribution in [3.63, 3.8) is 0 Å². The largest absolute Gasteiger partial charge is 0.338 e. The Kier molecular flexibility index (Phi) is 5.82. The van der Waals surface area contributed by atoms with E-state index in [1.165, 1.54) is 5.56 Å². The van der Waals surface area contributed by atoms with Gasteiger partial charge in [-0.05, 0) is 18.1 Å². The zero-order chi connectivity index (χ0) is 17.3. The molecule has 2 N–H and O–H groups in total. The first-order valence-electron chi connectivity index (χ1n) is 8.34. The highest BCUT2D eigenvalue weighted by atomic mass is 16.2. The third-order valence-corrected chi connectivity index (χ3v) is 3.74. The van der Waals surface area contributed by atoms with Gasteiger partial charge >= 0.3 is 6.03 Å². The average Bonchev–Trinajstić information content (AvgIpc) is 3.30. The Hall–Kier alpha value is -3.09. The fourth-order valence-electron chi connectivity index (χ4n) is 2.48. The molecule has 7 heteroatoms. The first-order chi connectivity index (χ1) is 12.3. The average molecular weight is 338 g/mol. The lowest BCUT2D eigenvalue weighted by Crippen LogP contribution is -2.35. The molecule has 0 aliphatic rings. The van der Waals surface area contributed by atoms with Gasteiger partial charge in [0.2, 0.25) is 0 Å². The summed E-state index contributed by atoms with van der Waals surface area (Å²) in [5.41, 5.74) is 2.17. The normalized spacial score (nSPS) is 10.6. The van der Waals surface area contributed by atoms with Crippen molar-refractivity contribution in [2.24, 2.45) is 0 Å². The molecule has 2 aromatic heterocycles. The highest BCUT2D eigenvalue weighted by molar-refractivity contribution is 5.73. The third kappa shape index (κ3) is 5.49. The van der Waals surface area contributed by atoms with Crippen LogP contribution < -0.4 is 10.6 Å². The van der Waals surface area contributed by atoms with Crippen LogP contribution in [-0.2, 0) is 19.6 Å². The van der Waals surface area contributed by atoms with E-state index in [0.717, 1.165) is 25.1 Å². The number of hydrogen-bond acceptors (Lipinski definition) is 3. The van der Waals surface area contributed by atoms with Crippen LogP contribution in [0, 0.1) is 0 Å². The standard InChI is InChI=1S/C18H22N6O/c25-18(19-8-4-10-23-11-5-9-21-23)20-12-17-13-22-24(15-17)14-16-6-2-1-3-7-16/h1-3,5-7,9,11,13,15H,4,8,10,12,14H2,(H2,19,20,25). The Bertz CT molecular complexity index is 766. The summed E-state index contributed by atoms with van der Waals surface area (Å²) >= 11 is 0. The van der Waals surface area contributed by atoms with Gasteiger partial charge in [-0.1, -0.05) is 30.3 Å². The van der Waals surface area contributed by atoms with Gasteiger partial charge in [0.05, 0.1) is 12.7 Å². The predicted octanol–water partition coefficient (Wildman–Crippen LogP) is 2.02. The molecular weight excluding hydrogens is 316 g/mol. The van der Waals surface area contributed by atoms with Crippen molar-refractivity contribution in [1.29, 1.82) is 0 Å². The second-order valence-corrected chi connectivity index (χ2v) is 5.76. The maximum Gasteiger partial charge on any atom is 0.315 e. The maximum absolute atomic E-state index is 11.8. The number of carbonyl (C=O) groups is 1. The molecule has 0 saturated heterocycles. The van der Waals surface area contributed by atoms with Gasteiger partial charge in [-0.2, -0.15) is 10.2 Å².